The normalized spacial score (nSPS) is 18.5. The summed E-state index contributed by atoms with van der Waals surface area (Å²) < 4.78 is 5.29. The molecule has 1 aromatic rings. The molecule has 0 aromatic carbocycles. The van der Waals surface area contributed by atoms with Crippen LogP contribution in [0.2, 0.25) is 0 Å². The molecule has 1 fully saturated rings. The molecule has 6 heteroatoms. The third kappa shape index (κ3) is 2.88. The van der Waals surface area contributed by atoms with Crippen molar-refractivity contribution in [3.8, 4) is 0 Å². The lowest BCUT2D eigenvalue weighted by Gasteiger charge is -2.34. The summed E-state index contributed by atoms with van der Waals surface area (Å²) >= 11 is 0. The second-order valence-electron chi connectivity index (χ2n) is 4.64. The van der Waals surface area contributed by atoms with Crippen molar-refractivity contribution in [2.24, 2.45) is 11.1 Å². The summed E-state index contributed by atoms with van der Waals surface area (Å²) in [6.45, 7) is 2.18. The van der Waals surface area contributed by atoms with Crippen molar-refractivity contribution in [3.63, 3.8) is 0 Å². The van der Waals surface area contributed by atoms with Crippen LogP contribution in [0.3, 0.4) is 0 Å². The van der Waals surface area contributed by atoms with Crippen LogP contribution in [0.5, 0.6) is 0 Å². The van der Waals surface area contributed by atoms with Gasteiger partial charge in [-0.25, -0.2) is 4.98 Å². The molecule has 0 atom stereocenters. The third-order valence-electron chi connectivity index (χ3n) is 3.52. The summed E-state index contributed by atoms with van der Waals surface area (Å²) in [5.74, 6) is 0.920. The van der Waals surface area contributed by atoms with Crippen molar-refractivity contribution in [3.05, 3.63) is 18.2 Å². The highest BCUT2D eigenvalue weighted by Gasteiger charge is 2.38. The van der Waals surface area contributed by atoms with Crippen molar-refractivity contribution < 1.29 is 9.53 Å². The number of aromatic amines is 1. The van der Waals surface area contributed by atoms with Gasteiger partial charge in [0.1, 0.15) is 5.82 Å². The minimum Gasteiger partial charge on any atom is -0.381 e. The second-order valence-corrected chi connectivity index (χ2v) is 4.64. The first-order chi connectivity index (χ1) is 8.77. The molecule has 0 saturated carbocycles. The zero-order valence-corrected chi connectivity index (χ0v) is 10.4. The average Bonchev–Trinajstić information content (AvgIpc) is 2.92. The van der Waals surface area contributed by atoms with Gasteiger partial charge in [0.15, 0.2) is 0 Å². The van der Waals surface area contributed by atoms with E-state index in [0.29, 0.717) is 45.6 Å². The maximum Gasteiger partial charge on any atom is 0.227 e. The molecule has 6 nitrogen and oxygen atoms in total. The van der Waals surface area contributed by atoms with E-state index in [1.54, 1.807) is 12.4 Å². The molecule has 1 aliphatic heterocycles. The standard InChI is InChI=1S/C12H20N4O2/c13-9-12(2-7-18-8-3-12)11(17)16-4-1-10-14-5-6-15-10/h5-6H,1-4,7-9,13H2,(H,14,15)(H,16,17). The first kappa shape index (κ1) is 13.0. The van der Waals surface area contributed by atoms with E-state index in [2.05, 4.69) is 15.3 Å². The summed E-state index contributed by atoms with van der Waals surface area (Å²) in [7, 11) is 0. The molecular formula is C12H20N4O2. The monoisotopic (exact) mass is 252 g/mol. The predicted octanol–water partition coefficient (Wildman–Crippen LogP) is -0.176. The number of carbonyl (C=O) groups is 1. The smallest absolute Gasteiger partial charge is 0.227 e. The van der Waals surface area contributed by atoms with Crippen LogP contribution >= 0.6 is 0 Å². The van der Waals surface area contributed by atoms with Crippen molar-refractivity contribution in [2.75, 3.05) is 26.3 Å². The van der Waals surface area contributed by atoms with Gasteiger partial charge in [0.2, 0.25) is 5.91 Å². The van der Waals surface area contributed by atoms with E-state index in [4.69, 9.17) is 10.5 Å². The zero-order chi connectivity index (χ0) is 12.8. The number of imidazole rings is 1. The summed E-state index contributed by atoms with van der Waals surface area (Å²) in [5, 5.41) is 2.95. The Morgan fingerprint density at radius 1 is 1.56 bits per heavy atom. The van der Waals surface area contributed by atoms with Gasteiger partial charge in [0.05, 0.1) is 5.41 Å². The molecule has 100 valence electrons. The minimum atomic E-state index is -0.443. The number of nitrogens with zero attached hydrogens (tertiary/aromatic N) is 1. The first-order valence-electron chi connectivity index (χ1n) is 6.31. The Kier molecular flexibility index (Phi) is 4.33. The van der Waals surface area contributed by atoms with Crippen LogP contribution in [0, 0.1) is 5.41 Å². The van der Waals surface area contributed by atoms with Gasteiger partial charge in [-0.05, 0) is 12.8 Å². The number of rotatable bonds is 5. The van der Waals surface area contributed by atoms with Crippen molar-refractivity contribution in [1.29, 1.82) is 0 Å². The topological polar surface area (TPSA) is 93.0 Å². The van der Waals surface area contributed by atoms with E-state index in [0.717, 1.165) is 5.82 Å². The predicted molar refractivity (Wildman–Crippen MR) is 66.8 cm³/mol. The highest BCUT2D eigenvalue weighted by molar-refractivity contribution is 5.83. The number of carbonyl (C=O) groups excluding carboxylic acids is 1. The lowest BCUT2D eigenvalue weighted by atomic mass is 9.79. The molecule has 0 spiro atoms. The minimum absolute atomic E-state index is 0.0415. The number of nitrogens with two attached hydrogens (primary N) is 1. The van der Waals surface area contributed by atoms with Crippen molar-refractivity contribution in [1.82, 2.24) is 15.3 Å². The number of ether oxygens (including phenoxy) is 1. The molecule has 1 amide bonds. The van der Waals surface area contributed by atoms with Gasteiger partial charge >= 0.3 is 0 Å². The van der Waals surface area contributed by atoms with Crippen molar-refractivity contribution in [2.45, 2.75) is 19.3 Å². The highest BCUT2D eigenvalue weighted by Crippen LogP contribution is 2.29. The number of hydrogen-bond donors (Lipinski definition) is 3. The number of hydrogen-bond acceptors (Lipinski definition) is 4. The Balaban J connectivity index is 1.82. The summed E-state index contributed by atoms with van der Waals surface area (Å²) in [6.07, 6.45) is 5.59. The van der Waals surface area contributed by atoms with E-state index < -0.39 is 5.41 Å². The maximum atomic E-state index is 12.2. The van der Waals surface area contributed by atoms with Gasteiger partial charge in [-0.3, -0.25) is 4.79 Å². The lowest BCUT2D eigenvalue weighted by molar-refractivity contribution is -0.135. The fourth-order valence-corrected chi connectivity index (χ4v) is 2.20. The Hall–Kier alpha value is -1.40. The zero-order valence-electron chi connectivity index (χ0n) is 10.4. The largest absolute Gasteiger partial charge is 0.381 e. The Morgan fingerprint density at radius 2 is 2.33 bits per heavy atom. The molecule has 0 radical (unpaired) electrons. The summed E-state index contributed by atoms with van der Waals surface area (Å²) in [4.78, 5) is 19.3. The van der Waals surface area contributed by atoms with Crippen molar-refractivity contribution >= 4 is 5.91 Å². The first-order valence-corrected chi connectivity index (χ1v) is 6.31. The molecule has 18 heavy (non-hydrogen) atoms. The van der Waals surface area contributed by atoms with Crippen LogP contribution in [-0.2, 0) is 16.0 Å². The molecule has 0 bridgehead atoms. The number of H-pyrrole nitrogens is 1. The SMILES string of the molecule is NCC1(C(=O)NCCc2ncc[nH]2)CCOCC1. The molecule has 2 rings (SSSR count). The van der Waals surface area contributed by atoms with Gasteiger partial charge < -0.3 is 20.8 Å². The maximum absolute atomic E-state index is 12.2. The second kappa shape index (κ2) is 5.97. The summed E-state index contributed by atoms with van der Waals surface area (Å²) in [5.41, 5.74) is 5.33. The van der Waals surface area contributed by atoms with Crippen LogP contribution in [0.4, 0.5) is 0 Å². The number of nitrogens with one attached hydrogen (secondary N) is 2. The molecule has 0 aliphatic carbocycles. The Bertz CT molecular complexity index is 371. The molecule has 1 aromatic heterocycles. The van der Waals surface area contributed by atoms with Gasteiger partial charge in [-0.1, -0.05) is 0 Å². The van der Waals surface area contributed by atoms with Gasteiger partial charge in [-0.15, -0.1) is 0 Å². The Morgan fingerprint density at radius 3 is 2.94 bits per heavy atom. The van der Waals surface area contributed by atoms with Crippen LogP contribution in [0.1, 0.15) is 18.7 Å². The summed E-state index contributed by atoms with van der Waals surface area (Å²) in [6, 6.07) is 0. The average molecular weight is 252 g/mol. The molecule has 1 aliphatic rings. The van der Waals surface area contributed by atoms with E-state index in [9.17, 15) is 4.79 Å². The fraction of sp³-hybridized carbons (Fsp3) is 0.667. The molecule has 2 heterocycles. The fourth-order valence-electron chi connectivity index (χ4n) is 2.20. The van der Waals surface area contributed by atoms with E-state index in [1.807, 2.05) is 0 Å². The van der Waals surface area contributed by atoms with Gasteiger partial charge in [-0.2, -0.15) is 0 Å². The number of amides is 1. The van der Waals surface area contributed by atoms with Gasteiger partial charge in [0.25, 0.3) is 0 Å². The van der Waals surface area contributed by atoms with Crippen LogP contribution in [-0.4, -0.2) is 42.2 Å². The van der Waals surface area contributed by atoms with E-state index in [1.165, 1.54) is 0 Å². The quantitative estimate of drug-likeness (QED) is 0.678. The number of aromatic nitrogens is 2. The molecule has 4 N–H and O–H groups in total. The van der Waals surface area contributed by atoms with E-state index >= 15 is 0 Å². The van der Waals surface area contributed by atoms with Crippen LogP contribution in [0.15, 0.2) is 12.4 Å². The molecule has 1 saturated heterocycles. The third-order valence-corrected chi connectivity index (χ3v) is 3.52. The van der Waals surface area contributed by atoms with Crippen LogP contribution < -0.4 is 11.1 Å². The molecule has 0 unspecified atom stereocenters. The lowest BCUT2D eigenvalue weighted by Crippen LogP contribution is -2.49. The molecular weight excluding hydrogens is 232 g/mol. The van der Waals surface area contributed by atoms with E-state index in [-0.39, 0.29) is 5.91 Å². The van der Waals surface area contributed by atoms with Crippen LogP contribution in [0.25, 0.3) is 0 Å². The highest BCUT2D eigenvalue weighted by atomic mass is 16.5. The Labute approximate surface area is 106 Å². The van der Waals surface area contributed by atoms with Gasteiger partial charge in [0, 0.05) is 45.1 Å².